The average Bonchev–Trinajstić information content (AvgIpc) is 2.66. The summed E-state index contributed by atoms with van der Waals surface area (Å²) in [7, 11) is -0.874. The van der Waals surface area contributed by atoms with Gasteiger partial charge in [0.05, 0.1) is 19.8 Å². The fourth-order valence-electron chi connectivity index (χ4n) is 3.24. The van der Waals surface area contributed by atoms with E-state index >= 15 is 0 Å². The number of carbonyl (C=O) groups excluding carboxylic acids is 1. The van der Waals surface area contributed by atoms with E-state index in [-0.39, 0.29) is 29.6 Å². The minimum Gasteiger partial charge on any atom is -0.497 e. The SMILES string of the molecule is CCCC(C)(N)C(=O)N1CCN(S(=O)(=O)c2cc(OC)ccc2OC)CC1. The lowest BCUT2D eigenvalue weighted by molar-refractivity contribution is -0.137. The first-order valence-corrected chi connectivity index (χ1v) is 10.4. The normalized spacial score (nSPS) is 18.0. The van der Waals surface area contributed by atoms with Gasteiger partial charge in [-0.15, -0.1) is 0 Å². The maximum Gasteiger partial charge on any atom is 0.247 e. The molecule has 0 aliphatic carbocycles. The molecule has 1 aliphatic heterocycles. The summed E-state index contributed by atoms with van der Waals surface area (Å²) in [4.78, 5) is 14.3. The van der Waals surface area contributed by atoms with Gasteiger partial charge in [0.15, 0.2) is 0 Å². The van der Waals surface area contributed by atoms with Gasteiger partial charge >= 0.3 is 0 Å². The number of benzene rings is 1. The van der Waals surface area contributed by atoms with Crippen LogP contribution in [0.1, 0.15) is 26.7 Å². The van der Waals surface area contributed by atoms with Crippen molar-refractivity contribution in [1.82, 2.24) is 9.21 Å². The number of piperazine rings is 1. The molecule has 0 saturated carbocycles. The van der Waals surface area contributed by atoms with Gasteiger partial charge in [-0.2, -0.15) is 4.31 Å². The van der Waals surface area contributed by atoms with Crippen molar-refractivity contribution in [2.24, 2.45) is 5.73 Å². The Morgan fingerprint density at radius 3 is 2.33 bits per heavy atom. The number of hydrogen-bond acceptors (Lipinski definition) is 6. The summed E-state index contributed by atoms with van der Waals surface area (Å²) in [6.07, 6.45) is 1.40. The highest BCUT2D eigenvalue weighted by molar-refractivity contribution is 7.89. The standard InChI is InChI=1S/C18H29N3O5S/c1-5-8-18(2,19)17(22)20-9-11-21(12-10-20)27(23,24)16-13-14(25-3)6-7-15(16)26-4/h6-7,13H,5,8-12,19H2,1-4H3. The molecule has 9 heteroatoms. The molecule has 1 heterocycles. The summed E-state index contributed by atoms with van der Waals surface area (Å²) in [5.74, 6) is 0.550. The van der Waals surface area contributed by atoms with Crippen LogP contribution in [0.25, 0.3) is 0 Å². The quantitative estimate of drug-likeness (QED) is 0.735. The van der Waals surface area contributed by atoms with Gasteiger partial charge in [-0.05, 0) is 25.5 Å². The molecule has 1 atom stereocenters. The zero-order chi connectivity index (χ0) is 20.2. The third kappa shape index (κ3) is 4.53. The number of hydrogen-bond donors (Lipinski definition) is 1. The van der Waals surface area contributed by atoms with Crippen LogP contribution in [-0.4, -0.2) is 69.5 Å². The van der Waals surface area contributed by atoms with Crippen LogP contribution in [0.15, 0.2) is 23.1 Å². The second kappa shape index (κ2) is 8.45. The highest BCUT2D eigenvalue weighted by Gasteiger charge is 2.37. The van der Waals surface area contributed by atoms with Gasteiger partial charge in [0.1, 0.15) is 16.4 Å². The maximum absolute atomic E-state index is 13.1. The lowest BCUT2D eigenvalue weighted by Gasteiger charge is -2.38. The molecule has 0 aromatic heterocycles. The fraction of sp³-hybridized carbons (Fsp3) is 0.611. The molecule has 152 valence electrons. The van der Waals surface area contributed by atoms with E-state index in [2.05, 4.69) is 0 Å². The highest BCUT2D eigenvalue weighted by atomic mass is 32.2. The molecule has 1 aliphatic rings. The molecule has 8 nitrogen and oxygen atoms in total. The van der Waals surface area contributed by atoms with Gasteiger partial charge in [0, 0.05) is 32.2 Å². The summed E-state index contributed by atoms with van der Waals surface area (Å²) in [6.45, 7) is 4.72. The Morgan fingerprint density at radius 1 is 1.19 bits per heavy atom. The van der Waals surface area contributed by atoms with Crippen LogP contribution in [0.2, 0.25) is 0 Å². The van der Waals surface area contributed by atoms with E-state index in [9.17, 15) is 13.2 Å². The topological polar surface area (TPSA) is 102 Å². The Morgan fingerprint density at radius 2 is 1.81 bits per heavy atom. The molecule has 1 aromatic rings. The minimum atomic E-state index is -3.77. The van der Waals surface area contributed by atoms with Crippen molar-refractivity contribution in [2.75, 3.05) is 40.4 Å². The van der Waals surface area contributed by atoms with Crippen LogP contribution in [0.4, 0.5) is 0 Å². The predicted octanol–water partition coefficient (Wildman–Crippen LogP) is 1.05. The number of ether oxygens (including phenoxy) is 2. The zero-order valence-electron chi connectivity index (χ0n) is 16.4. The monoisotopic (exact) mass is 399 g/mol. The first-order valence-electron chi connectivity index (χ1n) is 8.97. The molecule has 0 spiro atoms. The van der Waals surface area contributed by atoms with E-state index in [1.54, 1.807) is 24.0 Å². The first-order chi connectivity index (χ1) is 12.7. The van der Waals surface area contributed by atoms with Crippen LogP contribution in [0.3, 0.4) is 0 Å². The van der Waals surface area contributed by atoms with Crippen LogP contribution >= 0.6 is 0 Å². The van der Waals surface area contributed by atoms with Gasteiger partial charge in [0.25, 0.3) is 0 Å². The van der Waals surface area contributed by atoms with Crippen LogP contribution in [0, 0.1) is 0 Å². The van der Waals surface area contributed by atoms with Crippen molar-refractivity contribution in [3.63, 3.8) is 0 Å². The molecular weight excluding hydrogens is 370 g/mol. The van der Waals surface area contributed by atoms with E-state index in [0.717, 1.165) is 6.42 Å². The van der Waals surface area contributed by atoms with E-state index in [1.807, 2.05) is 6.92 Å². The lowest BCUT2D eigenvalue weighted by atomic mass is 9.95. The van der Waals surface area contributed by atoms with Gasteiger partial charge in [-0.1, -0.05) is 13.3 Å². The fourth-order valence-corrected chi connectivity index (χ4v) is 4.84. The maximum atomic E-state index is 13.1. The van der Waals surface area contributed by atoms with Crippen LogP contribution in [0.5, 0.6) is 11.5 Å². The van der Waals surface area contributed by atoms with Crippen molar-refractivity contribution in [1.29, 1.82) is 0 Å². The molecule has 2 rings (SSSR count). The summed E-state index contributed by atoms with van der Waals surface area (Å²) in [5.41, 5.74) is 5.20. The number of carbonyl (C=O) groups is 1. The summed E-state index contributed by atoms with van der Waals surface area (Å²) >= 11 is 0. The van der Waals surface area contributed by atoms with Gasteiger partial charge in [0.2, 0.25) is 15.9 Å². The number of nitrogens with two attached hydrogens (primary N) is 1. The van der Waals surface area contributed by atoms with E-state index in [4.69, 9.17) is 15.2 Å². The molecule has 1 amide bonds. The van der Waals surface area contributed by atoms with Crippen molar-refractivity contribution in [2.45, 2.75) is 37.1 Å². The molecule has 1 unspecified atom stereocenters. The summed E-state index contributed by atoms with van der Waals surface area (Å²) in [5, 5.41) is 0. The van der Waals surface area contributed by atoms with Crippen LogP contribution in [-0.2, 0) is 14.8 Å². The van der Waals surface area contributed by atoms with Gasteiger partial charge in [-0.3, -0.25) is 4.79 Å². The van der Waals surface area contributed by atoms with Crippen molar-refractivity contribution >= 4 is 15.9 Å². The molecular formula is C18H29N3O5S. The average molecular weight is 400 g/mol. The number of nitrogens with zero attached hydrogens (tertiary/aromatic N) is 2. The van der Waals surface area contributed by atoms with E-state index in [0.29, 0.717) is 25.3 Å². The number of sulfonamides is 1. The molecule has 0 bridgehead atoms. The minimum absolute atomic E-state index is 0.0544. The highest BCUT2D eigenvalue weighted by Crippen LogP contribution is 2.31. The predicted molar refractivity (Wildman–Crippen MR) is 102 cm³/mol. The molecule has 1 saturated heterocycles. The van der Waals surface area contributed by atoms with E-state index < -0.39 is 15.6 Å². The third-order valence-corrected chi connectivity index (χ3v) is 6.69. The number of methoxy groups -OCH3 is 2. The van der Waals surface area contributed by atoms with Crippen molar-refractivity contribution in [3.05, 3.63) is 18.2 Å². The van der Waals surface area contributed by atoms with Crippen molar-refractivity contribution in [3.8, 4) is 11.5 Å². The Bertz CT molecular complexity index is 771. The zero-order valence-corrected chi connectivity index (χ0v) is 17.2. The molecule has 2 N–H and O–H groups in total. The lowest BCUT2D eigenvalue weighted by Crippen LogP contribution is -2.58. The molecule has 1 aromatic carbocycles. The third-order valence-electron chi connectivity index (χ3n) is 4.77. The molecule has 0 radical (unpaired) electrons. The number of rotatable bonds is 7. The van der Waals surface area contributed by atoms with Crippen LogP contribution < -0.4 is 15.2 Å². The largest absolute Gasteiger partial charge is 0.497 e. The van der Waals surface area contributed by atoms with Gasteiger partial charge < -0.3 is 20.1 Å². The van der Waals surface area contributed by atoms with Gasteiger partial charge in [-0.25, -0.2) is 8.42 Å². The smallest absolute Gasteiger partial charge is 0.247 e. The second-order valence-corrected chi connectivity index (χ2v) is 8.79. The van der Waals surface area contributed by atoms with E-state index in [1.165, 1.54) is 24.6 Å². The molecule has 1 fully saturated rings. The Labute approximate surface area is 161 Å². The first kappa shape index (κ1) is 21.5. The summed E-state index contributed by atoms with van der Waals surface area (Å²) in [6, 6.07) is 4.66. The second-order valence-electron chi connectivity index (χ2n) is 6.88. The Hall–Kier alpha value is -1.84. The Balaban J connectivity index is 2.17. The Kier molecular flexibility index (Phi) is 6.72. The number of amides is 1. The van der Waals surface area contributed by atoms with Crippen molar-refractivity contribution < 1.29 is 22.7 Å². The summed E-state index contributed by atoms with van der Waals surface area (Å²) < 4.78 is 37.9. The molecule has 27 heavy (non-hydrogen) atoms.